The van der Waals surface area contributed by atoms with Crippen molar-refractivity contribution in [3.63, 3.8) is 0 Å². The second kappa shape index (κ2) is 15.0. The fourth-order valence-corrected chi connectivity index (χ4v) is 8.29. The summed E-state index contributed by atoms with van der Waals surface area (Å²) in [6.45, 7) is 4.19. The van der Waals surface area contributed by atoms with E-state index in [2.05, 4.69) is 34.5 Å². The van der Waals surface area contributed by atoms with E-state index in [9.17, 15) is 14.4 Å². The second-order valence-corrected chi connectivity index (χ2v) is 14.4. The Hall–Kier alpha value is -5.57. The first-order chi connectivity index (χ1) is 26.3. The molecule has 2 atom stereocenters. The van der Waals surface area contributed by atoms with Crippen molar-refractivity contribution in [3.05, 3.63) is 158 Å². The van der Waals surface area contributed by atoms with Crippen LogP contribution in [0.15, 0.2) is 115 Å². The van der Waals surface area contributed by atoms with Crippen molar-refractivity contribution < 1.29 is 23.9 Å². The van der Waals surface area contributed by atoms with Gasteiger partial charge in [-0.1, -0.05) is 96.0 Å². The smallest absolute Gasteiger partial charge is 0.335 e. The number of nitrogens with one attached hydrogen (secondary N) is 1. The van der Waals surface area contributed by atoms with Gasteiger partial charge in [0.25, 0.3) is 11.8 Å². The van der Waals surface area contributed by atoms with Gasteiger partial charge in [-0.15, -0.1) is 0 Å². The van der Waals surface area contributed by atoms with Crippen LogP contribution in [0.4, 0.5) is 16.2 Å². The molecule has 0 aromatic heterocycles. The Morgan fingerprint density at radius 1 is 0.759 bits per heavy atom. The quantitative estimate of drug-likeness (QED) is 0.119. The Labute approximate surface area is 323 Å². The van der Waals surface area contributed by atoms with E-state index in [4.69, 9.17) is 32.7 Å². The fraction of sp³-hybridized carbons (Fsp3) is 0.205. The van der Waals surface area contributed by atoms with Gasteiger partial charge in [0.1, 0.15) is 12.2 Å². The largest absolute Gasteiger partial charge is 0.490 e. The summed E-state index contributed by atoms with van der Waals surface area (Å²) in [7, 11) is 0. The third-order valence-corrected chi connectivity index (χ3v) is 10.9. The van der Waals surface area contributed by atoms with Crippen molar-refractivity contribution in [1.82, 2.24) is 5.32 Å². The minimum absolute atomic E-state index is 0.0682. The van der Waals surface area contributed by atoms with Crippen molar-refractivity contribution in [3.8, 4) is 11.5 Å². The summed E-state index contributed by atoms with van der Waals surface area (Å²) in [4.78, 5) is 44.9. The van der Waals surface area contributed by atoms with Crippen LogP contribution in [0, 0.1) is 0 Å². The molecule has 0 aliphatic carbocycles. The SMILES string of the molecule is CCOc1cc(/C=C2\C(=O)NC(=O)N(c3cc4c5c(c3)[C@@H](c3ccccc3)CCN5CC[C@@H]4c3ccccc3)C2=O)ccc1OCc1ccc(Cl)cc1Cl. The van der Waals surface area contributed by atoms with E-state index in [-0.39, 0.29) is 24.0 Å². The van der Waals surface area contributed by atoms with Crippen molar-refractivity contribution >= 4 is 58.5 Å². The molecule has 0 unspecified atom stereocenters. The first-order valence-electron chi connectivity index (χ1n) is 18.1. The molecule has 10 heteroatoms. The maximum Gasteiger partial charge on any atom is 0.335 e. The van der Waals surface area contributed by atoms with E-state index in [0.717, 1.165) is 47.5 Å². The Morgan fingerprint density at radius 3 is 2.02 bits per heavy atom. The molecule has 8 nitrogen and oxygen atoms in total. The lowest BCUT2D eigenvalue weighted by Gasteiger charge is -2.44. The van der Waals surface area contributed by atoms with Crippen molar-refractivity contribution in [2.24, 2.45) is 0 Å². The monoisotopic (exact) mass is 757 g/mol. The van der Waals surface area contributed by atoms with E-state index >= 15 is 0 Å². The van der Waals surface area contributed by atoms with E-state index in [1.807, 2.05) is 55.5 Å². The van der Waals surface area contributed by atoms with Crippen LogP contribution >= 0.6 is 23.2 Å². The highest BCUT2D eigenvalue weighted by atomic mass is 35.5. The first-order valence-corrected chi connectivity index (χ1v) is 18.8. The number of rotatable bonds is 9. The van der Waals surface area contributed by atoms with E-state index < -0.39 is 17.8 Å². The number of carbonyl (C=O) groups is 3. The Bertz CT molecular complexity index is 2220. The number of amides is 4. The highest BCUT2D eigenvalue weighted by Gasteiger charge is 2.40. The van der Waals surface area contributed by atoms with Gasteiger partial charge in [0, 0.05) is 46.2 Å². The Kier molecular flexibility index (Phi) is 9.88. The molecule has 5 aromatic rings. The number of imide groups is 2. The molecule has 4 amide bonds. The number of carbonyl (C=O) groups excluding carboxylic acids is 3. The molecule has 3 aliphatic heterocycles. The Morgan fingerprint density at radius 2 is 1.41 bits per heavy atom. The van der Waals surface area contributed by atoms with Gasteiger partial charge >= 0.3 is 6.03 Å². The summed E-state index contributed by atoms with van der Waals surface area (Å²) in [6, 6.07) is 34.2. The highest BCUT2D eigenvalue weighted by Crippen LogP contribution is 2.50. The predicted octanol–water partition coefficient (Wildman–Crippen LogP) is 9.52. The van der Waals surface area contributed by atoms with Crippen molar-refractivity contribution in [2.75, 3.05) is 29.5 Å². The maximum atomic E-state index is 14.4. The normalized spacial score (nSPS) is 18.7. The van der Waals surface area contributed by atoms with E-state index in [0.29, 0.717) is 39.4 Å². The van der Waals surface area contributed by atoms with Gasteiger partial charge in [-0.25, -0.2) is 9.69 Å². The van der Waals surface area contributed by atoms with Gasteiger partial charge in [-0.3, -0.25) is 14.9 Å². The Balaban J connectivity index is 1.17. The second-order valence-electron chi connectivity index (χ2n) is 13.6. The molecule has 0 saturated carbocycles. The lowest BCUT2D eigenvalue weighted by Crippen LogP contribution is -2.54. The van der Waals surface area contributed by atoms with E-state index in [1.165, 1.54) is 22.9 Å². The van der Waals surface area contributed by atoms with E-state index in [1.54, 1.807) is 36.4 Å². The molecule has 1 fully saturated rings. The third-order valence-electron chi connectivity index (χ3n) is 10.3. The first kappa shape index (κ1) is 35.5. The molecule has 3 aliphatic rings. The number of ether oxygens (including phenoxy) is 2. The molecule has 0 radical (unpaired) electrons. The molecule has 0 bridgehead atoms. The average Bonchev–Trinajstić information content (AvgIpc) is 3.17. The molecule has 0 spiro atoms. The topological polar surface area (TPSA) is 88.2 Å². The summed E-state index contributed by atoms with van der Waals surface area (Å²) in [5.41, 5.74) is 7.18. The number of benzene rings is 5. The predicted molar refractivity (Wildman–Crippen MR) is 212 cm³/mol. The molecular formula is C44H37Cl2N3O5. The summed E-state index contributed by atoms with van der Waals surface area (Å²) < 4.78 is 11.9. The zero-order valence-corrected chi connectivity index (χ0v) is 31.1. The number of barbiturate groups is 1. The van der Waals surface area contributed by atoms with Crippen LogP contribution in [-0.4, -0.2) is 37.5 Å². The molecule has 54 heavy (non-hydrogen) atoms. The standard InChI is InChI=1S/C44H37Cl2N3O5/c1-2-53-40-22-27(13-16-39(40)54-26-30-14-15-31(45)23-38(30)46)21-37-42(50)47-44(52)49(43(37)51)32-24-35-33(28-9-5-3-6-10-28)17-19-48-20-18-34(36(25-32)41(35)48)29-11-7-4-8-12-29/h3-16,21-25,33-34H,2,17-20,26H2,1H3,(H,47,50,52)/b37-21+/t33-,34-/m1/s1. The van der Waals surface area contributed by atoms with Crippen LogP contribution in [0.1, 0.15) is 65.0 Å². The molecule has 3 heterocycles. The maximum absolute atomic E-state index is 14.4. The van der Waals surface area contributed by atoms with Gasteiger partial charge in [0.2, 0.25) is 0 Å². The lowest BCUT2D eigenvalue weighted by molar-refractivity contribution is -0.122. The molecule has 5 aromatic carbocycles. The van der Waals surface area contributed by atoms with Crippen LogP contribution in [0.2, 0.25) is 10.0 Å². The van der Waals surface area contributed by atoms with Gasteiger partial charge in [-0.2, -0.15) is 0 Å². The number of halogens is 2. The average molecular weight is 759 g/mol. The number of anilines is 2. The van der Waals surface area contributed by atoms with Crippen LogP contribution in [0.25, 0.3) is 6.08 Å². The van der Waals surface area contributed by atoms with Crippen LogP contribution in [0.3, 0.4) is 0 Å². The number of hydrogen-bond donors (Lipinski definition) is 1. The number of hydrogen-bond acceptors (Lipinski definition) is 6. The zero-order valence-electron chi connectivity index (χ0n) is 29.6. The van der Waals surface area contributed by atoms with Crippen LogP contribution in [-0.2, 0) is 16.2 Å². The van der Waals surface area contributed by atoms with Crippen molar-refractivity contribution in [1.29, 1.82) is 0 Å². The summed E-state index contributed by atoms with van der Waals surface area (Å²) >= 11 is 12.4. The van der Waals surface area contributed by atoms with Gasteiger partial charge in [-0.05, 0) is 90.1 Å². The third kappa shape index (κ3) is 6.83. The summed E-state index contributed by atoms with van der Waals surface area (Å²) in [5.74, 6) is -0.461. The minimum Gasteiger partial charge on any atom is -0.490 e. The fourth-order valence-electron chi connectivity index (χ4n) is 7.82. The molecule has 8 rings (SSSR count). The van der Waals surface area contributed by atoms with Crippen LogP contribution < -0.4 is 24.6 Å². The zero-order chi connectivity index (χ0) is 37.3. The molecule has 1 saturated heterocycles. The van der Waals surface area contributed by atoms with Gasteiger partial charge in [0.05, 0.1) is 12.3 Å². The molecular weight excluding hydrogens is 721 g/mol. The lowest BCUT2D eigenvalue weighted by atomic mass is 9.76. The summed E-state index contributed by atoms with van der Waals surface area (Å²) in [5, 5.41) is 3.43. The number of nitrogens with zero attached hydrogens (tertiary/aromatic N) is 2. The van der Waals surface area contributed by atoms with Crippen molar-refractivity contribution in [2.45, 2.75) is 38.2 Å². The number of urea groups is 1. The van der Waals surface area contributed by atoms with Crippen LogP contribution in [0.5, 0.6) is 11.5 Å². The molecule has 1 N–H and O–H groups in total. The van der Waals surface area contributed by atoms with Gasteiger partial charge in [0.15, 0.2) is 11.5 Å². The van der Waals surface area contributed by atoms with Gasteiger partial charge < -0.3 is 14.4 Å². The highest BCUT2D eigenvalue weighted by molar-refractivity contribution is 6.39. The molecule has 272 valence electrons. The summed E-state index contributed by atoms with van der Waals surface area (Å²) in [6.07, 6.45) is 3.27. The minimum atomic E-state index is -0.787.